The van der Waals surface area contributed by atoms with Gasteiger partial charge in [0.2, 0.25) is 0 Å². The van der Waals surface area contributed by atoms with Gasteiger partial charge in [-0.15, -0.1) is 11.8 Å². The zero-order valence-electron chi connectivity index (χ0n) is 13.6. The van der Waals surface area contributed by atoms with Gasteiger partial charge in [-0.05, 0) is 26.8 Å². The Hall–Kier alpha value is -1.89. The first-order valence-electron chi connectivity index (χ1n) is 7.23. The number of methoxy groups -OCH3 is 1. The number of hydrogen-bond donors (Lipinski definition) is 1. The van der Waals surface area contributed by atoms with Crippen molar-refractivity contribution in [2.75, 3.05) is 12.9 Å². The molecule has 2 atom stereocenters. The van der Waals surface area contributed by atoms with Crippen LogP contribution >= 0.6 is 11.8 Å². The Labute approximate surface area is 139 Å². The number of ether oxygens (including phenoxy) is 2. The van der Waals surface area contributed by atoms with Gasteiger partial charge < -0.3 is 14.6 Å². The Bertz CT molecular complexity index is 598. The number of aliphatic carboxylic acids is 1. The van der Waals surface area contributed by atoms with Crippen LogP contribution in [0.3, 0.4) is 0 Å². The summed E-state index contributed by atoms with van der Waals surface area (Å²) in [5.41, 5.74) is 0.0632. The molecule has 6 nitrogen and oxygen atoms in total. The van der Waals surface area contributed by atoms with Crippen molar-refractivity contribution in [2.24, 2.45) is 0 Å². The smallest absolute Gasteiger partial charge is 0.412 e. The van der Waals surface area contributed by atoms with Crippen LogP contribution in [0.15, 0.2) is 24.3 Å². The average Bonchev–Trinajstić information content (AvgIpc) is 2.90. The van der Waals surface area contributed by atoms with E-state index < -0.39 is 29.1 Å². The number of carbonyl (C=O) groups is 2. The number of carboxylic acid groups (broad SMARTS) is 1. The summed E-state index contributed by atoms with van der Waals surface area (Å²) in [4.78, 5) is 25.4. The number of carbonyl (C=O) groups excluding carboxylic acids is 1. The molecule has 7 heteroatoms. The third-order valence-corrected chi connectivity index (χ3v) is 4.60. The molecule has 1 fully saturated rings. The number of rotatable bonds is 3. The number of benzene rings is 1. The first-order valence-corrected chi connectivity index (χ1v) is 8.28. The van der Waals surface area contributed by atoms with Gasteiger partial charge in [0, 0.05) is 11.3 Å². The third kappa shape index (κ3) is 3.90. The molecular weight excluding hydrogens is 318 g/mol. The Morgan fingerprint density at radius 3 is 2.52 bits per heavy atom. The second-order valence-electron chi connectivity index (χ2n) is 6.17. The molecule has 0 bridgehead atoms. The van der Waals surface area contributed by atoms with E-state index >= 15 is 0 Å². The molecule has 1 aliphatic heterocycles. The quantitative estimate of drug-likeness (QED) is 0.912. The summed E-state index contributed by atoms with van der Waals surface area (Å²) >= 11 is 1.39. The Kier molecular flexibility index (Phi) is 5.09. The molecule has 2 rings (SSSR count). The van der Waals surface area contributed by atoms with Crippen LogP contribution in [0.5, 0.6) is 5.75 Å². The number of carboxylic acids is 1. The van der Waals surface area contributed by atoms with Crippen LogP contribution in [-0.4, -0.2) is 46.6 Å². The molecule has 1 aromatic carbocycles. The van der Waals surface area contributed by atoms with Gasteiger partial charge in [-0.3, -0.25) is 4.90 Å². The molecule has 0 radical (unpaired) electrons. The molecular formula is C16H21NO5S. The lowest BCUT2D eigenvalue weighted by atomic mass is 10.1. The van der Waals surface area contributed by atoms with Crippen LogP contribution in [0.25, 0.3) is 0 Å². The number of nitrogens with zero attached hydrogens (tertiary/aromatic N) is 1. The molecule has 1 saturated heterocycles. The van der Waals surface area contributed by atoms with Crippen LogP contribution in [0.4, 0.5) is 4.79 Å². The summed E-state index contributed by atoms with van der Waals surface area (Å²) in [6, 6.07) is 6.36. The largest absolute Gasteiger partial charge is 0.496 e. The monoisotopic (exact) mass is 339 g/mol. The van der Waals surface area contributed by atoms with Crippen molar-refractivity contribution in [2.45, 2.75) is 37.8 Å². The first-order chi connectivity index (χ1) is 10.7. The van der Waals surface area contributed by atoms with E-state index in [1.165, 1.54) is 16.7 Å². The van der Waals surface area contributed by atoms with Crippen LogP contribution in [0.2, 0.25) is 0 Å². The summed E-state index contributed by atoms with van der Waals surface area (Å²) in [6.07, 6.45) is -0.634. The maximum absolute atomic E-state index is 12.5. The van der Waals surface area contributed by atoms with Gasteiger partial charge in [0.15, 0.2) is 0 Å². The van der Waals surface area contributed by atoms with Gasteiger partial charge in [0.1, 0.15) is 22.8 Å². The van der Waals surface area contributed by atoms with Crippen molar-refractivity contribution in [3.63, 3.8) is 0 Å². The van der Waals surface area contributed by atoms with Crippen molar-refractivity contribution < 1.29 is 24.2 Å². The number of amides is 1. The summed E-state index contributed by atoms with van der Waals surface area (Å²) in [7, 11) is 1.55. The zero-order valence-corrected chi connectivity index (χ0v) is 14.4. The fourth-order valence-electron chi connectivity index (χ4n) is 2.34. The average molecular weight is 339 g/mol. The van der Waals surface area contributed by atoms with Crippen molar-refractivity contribution in [3.05, 3.63) is 29.8 Å². The normalized spacial score (nSPS) is 21.1. The SMILES string of the molecule is COc1ccccc1[C@H]1SC[C@@H](C(=O)O)N1C(=O)OC(C)(C)C. The maximum Gasteiger partial charge on any atom is 0.412 e. The van der Waals surface area contributed by atoms with Crippen LogP contribution in [0, 0.1) is 0 Å². The number of thioether (sulfide) groups is 1. The Morgan fingerprint density at radius 1 is 1.30 bits per heavy atom. The third-order valence-electron chi connectivity index (χ3n) is 3.29. The van der Waals surface area contributed by atoms with E-state index in [1.807, 2.05) is 18.2 Å². The van der Waals surface area contributed by atoms with Crippen molar-refractivity contribution in [3.8, 4) is 5.75 Å². The molecule has 0 aromatic heterocycles. The van der Waals surface area contributed by atoms with Crippen molar-refractivity contribution in [1.82, 2.24) is 4.90 Å². The molecule has 1 N–H and O–H groups in total. The fraction of sp³-hybridized carbons (Fsp3) is 0.500. The predicted octanol–water partition coefficient (Wildman–Crippen LogP) is 3.13. The second-order valence-corrected chi connectivity index (χ2v) is 7.28. The van der Waals surface area contributed by atoms with Crippen LogP contribution in [-0.2, 0) is 9.53 Å². The lowest BCUT2D eigenvalue weighted by Crippen LogP contribution is -2.45. The standard InChI is InChI=1S/C16H21NO5S/c1-16(2,3)22-15(20)17-11(14(18)19)9-23-13(17)10-7-5-6-8-12(10)21-4/h5-8,11,13H,9H2,1-4H3,(H,18,19)/t11-,13+/m0/s1. The number of para-hydroxylation sites is 1. The van der Waals surface area contributed by atoms with E-state index in [9.17, 15) is 14.7 Å². The zero-order chi connectivity index (χ0) is 17.2. The highest BCUT2D eigenvalue weighted by atomic mass is 32.2. The first kappa shape index (κ1) is 17.5. The minimum Gasteiger partial charge on any atom is -0.496 e. The molecule has 0 saturated carbocycles. The lowest BCUT2D eigenvalue weighted by molar-refractivity contribution is -0.142. The van der Waals surface area contributed by atoms with E-state index in [0.29, 0.717) is 11.5 Å². The Morgan fingerprint density at radius 2 is 1.96 bits per heavy atom. The van der Waals surface area contributed by atoms with Crippen molar-refractivity contribution in [1.29, 1.82) is 0 Å². The lowest BCUT2D eigenvalue weighted by Gasteiger charge is -2.31. The van der Waals surface area contributed by atoms with Gasteiger partial charge in [-0.2, -0.15) is 0 Å². The van der Waals surface area contributed by atoms with Gasteiger partial charge >= 0.3 is 12.1 Å². The van der Waals surface area contributed by atoms with Gasteiger partial charge in [0.05, 0.1) is 7.11 Å². The maximum atomic E-state index is 12.5. The van der Waals surface area contributed by atoms with E-state index in [0.717, 1.165) is 5.56 Å². The van der Waals surface area contributed by atoms with Crippen molar-refractivity contribution >= 4 is 23.8 Å². The summed E-state index contributed by atoms with van der Waals surface area (Å²) < 4.78 is 10.7. The second kappa shape index (κ2) is 6.70. The molecule has 0 spiro atoms. The molecule has 0 unspecified atom stereocenters. The van der Waals surface area contributed by atoms with Crippen LogP contribution < -0.4 is 4.74 Å². The topological polar surface area (TPSA) is 76.1 Å². The molecule has 1 aromatic rings. The summed E-state index contributed by atoms with van der Waals surface area (Å²) in [5, 5.41) is 8.97. The van der Waals surface area contributed by atoms with Gasteiger partial charge in [0.25, 0.3) is 0 Å². The fourth-order valence-corrected chi connectivity index (χ4v) is 3.78. The minimum atomic E-state index is -1.04. The van der Waals surface area contributed by atoms with E-state index in [-0.39, 0.29) is 0 Å². The highest BCUT2D eigenvalue weighted by Gasteiger charge is 2.45. The van der Waals surface area contributed by atoms with Gasteiger partial charge in [-0.25, -0.2) is 9.59 Å². The van der Waals surface area contributed by atoms with E-state index in [1.54, 1.807) is 33.9 Å². The minimum absolute atomic E-state index is 0.303. The molecule has 1 heterocycles. The molecule has 126 valence electrons. The predicted molar refractivity (Wildman–Crippen MR) is 87.7 cm³/mol. The summed E-state index contributed by atoms with van der Waals surface area (Å²) in [5.74, 6) is -0.123. The highest BCUT2D eigenvalue weighted by molar-refractivity contribution is 7.99. The highest BCUT2D eigenvalue weighted by Crippen LogP contribution is 2.45. The molecule has 1 amide bonds. The summed E-state index contributed by atoms with van der Waals surface area (Å²) in [6.45, 7) is 5.26. The Balaban J connectivity index is 2.38. The van der Waals surface area contributed by atoms with E-state index in [4.69, 9.17) is 9.47 Å². The molecule has 0 aliphatic carbocycles. The van der Waals surface area contributed by atoms with Gasteiger partial charge in [-0.1, -0.05) is 18.2 Å². The van der Waals surface area contributed by atoms with E-state index in [2.05, 4.69) is 0 Å². The van der Waals surface area contributed by atoms with Crippen LogP contribution in [0.1, 0.15) is 31.7 Å². The molecule has 23 heavy (non-hydrogen) atoms. The molecule has 1 aliphatic rings. The number of hydrogen-bond acceptors (Lipinski definition) is 5.